The predicted octanol–water partition coefficient (Wildman–Crippen LogP) is 3.51. The van der Waals surface area contributed by atoms with Crippen molar-refractivity contribution in [3.63, 3.8) is 0 Å². The zero-order valence-corrected chi connectivity index (χ0v) is 19.0. The van der Waals surface area contributed by atoms with E-state index >= 15 is 0 Å². The van der Waals surface area contributed by atoms with Crippen LogP contribution in [0.25, 0.3) is 0 Å². The van der Waals surface area contributed by atoms with Crippen LogP contribution in [0.3, 0.4) is 0 Å². The summed E-state index contributed by atoms with van der Waals surface area (Å²) in [5.74, 6) is 0. The van der Waals surface area contributed by atoms with E-state index in [9.17, 15) is 15.0 Å². The highest BCUT2D eigenvalue weighted by Gasteiger charge is 2.28. The smallest absolute Gasteiger partial charge is 0.318 e. The maximum Gasteiger partial charge on any atom is 0.318 e. The van der Waals surface area contributed by atoms with Gasteiger partial charge in [0, 0.05) is 30.7 Å². The van der Waals surface area contributed by atoms with E-state index in [0.717, 1.165) is 64.6 Å². The number of aliphatic hydroxyl groups is 2. The summed E-state index contributed by atoms with van der Waals surface area (Å²) in [4.78, 5) is 17.3. The second-order valence-electron chi connectivity index (χ2n) is 10.1. The third kappa shape index (κ3) is 8.81. The first-order valence-corrected chi connectivity index (χ1v) is 11.9. The molecule has 0 aromatic heterocycles. The number of unbranched alkanes of at least 4 members (excludes halogenated alkanes) is 3. The van der Waals surface area contributed by atoms with E-state index in [1.165, 1.54) is 19.3 Å². The minimum Gasteiger partial charge on any atom is -0.395 e. The first-order chi connectivity index (χ1) is 13.8. The zero-order valence-electron chi connectivity index (χ0n) is 19.0. The lowest BCUT2D eigenvalue weighted by Gasteiger charge is -2.37. The Morgan fingerprint density at radius 3 is 2.41 bits per heavy atom. The lowest BCUT2D eigenvalue weighted by Crippen LogP contribution is -2.52. The fourth-order valence-corrected chi connectivity index (χ4v) is 4.75. The Hall–Kier alpha value is -0.850. The summed E-state index contributed by atoms with van der Waals surface area (Å²) in [6, 6.07) is 0.611. The molecule has 1 saturated heterocycles. The Morgan fingerprint density at radius 2 is 1.76 bits per heavy atom. The molecule has 3 N–H and O–H groups in total. The van der Waals surface area contributed by atoms with Crippen LogP contribution in [-0.2, 0) is 0 Å². The topological polar surface area (TPSA) is 76.0 Å². The van der Waals surface area contributed by atoms with Crippen molar-refractivity contribution >= 4 is 6.03 Å². The number of hydrogen-bond acceptors (Lipinski definition) is 4. The van der Waals surface area contributed by atoms with Gasteiger partial charge in [-0.15, -0.1) is 0 Å². The summed E-state index contributed by atoms with van der Waals surface area (Å²) in [5.41, 5.74) is -0.199. The zero-order chi connectivity index (χ0) is 21.3. The molecular weight excluding hydrogens is 366 g/mol. The van der Waals surface area contributed by atoms with E-state index in [1.54, 1.807) is 0 Å². The molecule has 2 atom stereocenters. The van der Waals surface area contributed by atoms with E-state index in [4.69, 9.17) is 0 Å². The van der Waals surface area contributed by atoms with Gasteiger partial charge in [0.15, 0.2) is 0 Å². The molecule has 170 valence electrons. The molecule has 2 amide bonds. The summed E-state index contributed by atoms with van der Waals surface area (Å²) < 4.78 is 0. The Balaban J connectivity index is 1.71. The first kappa shape index (κ1) is 24.4. The van der Waals surface area contributed by atoms with Crippen LogP contribution >= 0.6 is 0 Å². The Kier molecular flexibility index (Phi) is 10.2. The number of carbonyl (C=O) groups is 1. The first-order valence-electron chi connectivity index (χ1n) is 11.9. The van der Waals surface area contributed by atoms with Crippen molar-refractivity contribution in [2.45, 2.75) is 115 Å². The van der Waals surface area contributed by atoms with Gasteiger partial charge in [-0.3, -0.25) is 4.90 Å². The minimum absolute atomic E-state index is 0.0991. The number of nitrogens with zero attached hydrogens (tertiary/aromatic N) is 2. The number of urea groups is 1. The van der Waals surface area contributed by atoms with Crippen molar-refractivity contribution in [3.05, 3.63) is 0 Å². The minimum atomic E-state index is -0.256. The van der Waals surface area contributed by atoms with Crippen LogP contribution in [-0.4, -0.2) is 76.0 Å². The van der Waals surface area contributed by atoms with Gasteiger partial charge in [0.05, 0.1) is 12.7 Å². The van der Waals surface area contributed by atoms with Gasteiger partial charge in [-0.2, -0.15) is 0 Å². The van der Waals surface area contributed by atoms with Crippen LogP contribution in [0.15, 0.2) is 0 Å². The van der Waals surface area contributed by atoms with Crippen molar-refractivity contribution < 1.29 is 15.0 Å². The Bertz CT molecular complexity index is 474. The van der Waals surface area contributed by atoms with Crippen molar-refractivity contribution in [3.8, 4) is 0 Å². The largest absolute Gasteiger partial charge is 0.395 e. The van der Waals surface area contributed by atoms with Crippen molar-refractivity contribution in [1.82, 2.24) is 15.1 Å². The second-order valence-corrected chi connectivity index (χ2v) is 10.1. The average molecular weight is 412 g/mol. The summed E-state index contributed by atoms with van der Waals surface area (Å²) >= 11 is 0. The number of nitrogens with one attached hydrogen (secondary N) is 1. The molecule has 0 bridgehead atoms. The standard InChI is InChI=1S/C23H45N3O3/c1-23(2,3)24-22(29)26(19-11-7-6-8-12-19)15-10-5-4-9-14-25-16-13-21(28)17-20(25)18-27/h19-21,27-28H,4-18H2,1-3H3,(H,24,29). The van der Waals surface area contributed by atoms with Gasteiger partial charge in [-0.25, -0.2) is 4.79 Å². The highest BCUT2D eigenvalue weighted by molar-refractivity contribution is 5.75. The van der Waals surface area contributed by atoms with E-state index in [0.29, 0.717) is 12.5 Å². The molecule has 0 aromatic carbocycles. The molecule has 2 unspecified atom stereocenters. The molecule has 1 saturated carbocycles. The molecule has 0 radical (unpaired) electrons. The van der Waals surface area contributed by atoms with E-state index in [-0.39, 0.29) is 30.3 Å². The fourth-order valence-electron chi connectivity index (χ4n) is 4.75. The number of hydrogen-bond donors (Lipinski definition) is 3. The molecule has 2 fully saturated rings. The van der Waals surface area contributed by atoms with Crippen molar-refractivity contribution in [2.75, 3.05) is 26.2 Å². The molecule has 0 aromatic rings. The monoisotopic (exact) mass is 411 g/mol. The molecule has 6 heteroatoms. The summed E-state index contributed by atoms with van der Waals surface area (Å²) in [6.45, 7) is 9.00. The van der Waals surface area contributed by atoms with Crippen LogP contribution in [0.5, 0.6) is 0 Å². The maximum absolute atomic E-state index is 12.8. The molecule has 1 heterocycles. The Morgan fingerprint density at radius 1 is 1.07 bits per heavy atom. The summed E-state index contributed by atoms with van der Waals surface area (Å²) in [7, 11) is 0. The lowest BCUT2D eigenvalue weighted by atomic mass is 9.94. The average Bonchev–Trinajstić information content (AvgIpc) is 2.67. The molecule has 29 heavy (non-hydrogen) atoms. The predicted molar refractivity (Wildman–Crippen MR) is 118 cm³/mol. The SMILES string of the molecule is CC(C)(C)NC(=O)N(CCCCCCN1CCC(O)CC1CO)C1CCCCC1. The van der Waals surface area contributed by atoms with E-state index in [2.05, 4.69) is 15.1 Å². The van der Waals surface area contributed by atoms with Gasteiger partial charge in [0.25, 0.3) is 0 Å². The van der Waals surface area contributed by atoms with Gasteiger partial charge >= 0.3 is 6.03 Å². The van der Waals surface area contributed by atoms with Crippen LogP contribution in [0.1, 0.15) is 91.4 Å². The lowest BCUT2D eigenvalue weighted by molar-refractivity contribution is 0.0163. The molecule has 1 aliphatic heterocycles. The van der Waals surface area contributed by atoms with Gasteiger partial charge in [0.1, 0.15) is 0 Å². The quantitative estimate of drug-likeness (QED) is 0.508. The third-order valence-electron chi connectivity index (χ3n) is 6.37. The Labute approximate surface area is 178 Å². The number of carbonyl (C=O) groups excluding carboxylic acids is 1. The molecule has 6 nitrogen and oxygen atoms in total. The molecule has 2 aliphatic rings. The molecule has 2 rings (SSSR count). The van der Waals surface area contributed by atoms with Crippen LogP contribution in [0.4, 0.5) is 4.79 Å². The third-order valence-corrected chi connectivity index (χ3v) is 6.37. The highest BCUT2D eigenvalue weighted by atomic mass is 16.3. The normalized spacial score (nSPS) is 24.4. The van der Waals surface area contributed by atoms with Crippen LogP contribution < -0.4 is 5.32 Å². The summed E-state index contributed by atoms with van der Waals surface area (Å²) in [6.07, 6.45) is 11.7. The summed E-state index contributed by atoms with van der Waals surface area (Å²) in [5, 5.41) is 22.5. The number of aliphatic hydroxyl groups excluding tert-OH is 2. The number of rotatable bonds is 9. The van der Waals surface area contributed by atoms with Crippen molar-refractivity contribution in [1.29, 1.82) is 0 Å². The van der Waals surface area contributed by atoms with Crippen LogP contribution in [0, 0.1) is 0 Å². The molecule has 0 spiro atoms. The maximum atomic E-state index is 12.8. The van der Waals surface area contributed by atoms with Gasteiger partial charge in [-0.1, -0.05) is 32.1 Å². The number of amides is 2. The van der Waals surface area contributed by atoms with Crippen molar-refractivity contribution in [2.24, 2.45) is 0 Å². The highest BCUT2D eigenvalue weighted by Crippen LogP contribution is 2.24. The second kappa shape index (κ2) is 12.1. The number of piperidine rings is 1. The fraction of sp³-hybridized carbons (Fsp3) is 0.957. The van der Waals surface area contributed by atoms with E-state index < -0.39 is 0 Å². The molecular formula is C23H45N3O3. The van der Waals surface area contributed by atoms with Gasteiger partial charge < -0.3 is 20.4 Å². The molecule has 1 aliphatic carbocycles. The number of likely N-dealkylation sites (tertiary alicyclic amines) is 1. The van der Waals surface area contributed by atoms with Crippen LogP contribution in [0.2, 0.25) is 0 Å². The van der Waals surface area contributed by atoms with Gasteiger partial charge in [-0.05, 0) is 65.8 Å². The van der Waals surface area contributed by atoms with Gasteiger partial charge in [0.2, 0.25) is 0 Å². The van der Waals surface area contributed by atoms with E-state index in [1.807, 2.05) is 20.8 Å².